The molecule has 0 saturated heterocycles. The minimum Gasteiger partial charge on any atom is -0.326 e. The first-order valence-electron chi connectivity index (χ1n) is 8.06. The molecule has 3 aromatic rings. The highest BCUT2D eigenvalue weighted by molar-refractivity contribution is 5.92. The lowest BCUT2D eigenvalue weighted by atomic mass is 10.1. The molecule has 2 aromatic heterocycles. The highest BCUT2D eigenvalue weighted by atomic mass is 16.1. The van der Waals surface area contributed by atoms with Crippen molar-refractivity contribution in [2.45, 2.75) is 40.5 Å². The smallest absolute Gasteiger partial charge is 0.252 e. The van der Waals surface area contributed by atoms with Crippen molar-refractivity contribution < 1.29 is 4.79 Å². The van der Waals surface area contributed by atoms with Crippen LogP contribution in [0.1, 0.15) is 35.3 Å². The molecule has 0 aliphatic rings. The predicted molar refractivity (Wildman–Crippen MR) is 93.1 cm³/mol. The number of hydrogen-bond acceptors (Lipinski definition) is 4. The SMILES string of the molecule is CCc1nc2nc(C)c(CC(=O)Nc3cccc(C)c3)c(C)n2n1. The molecule has 1 N–H and O–H groups in total. The Labute approximate surface area is 141 Å². The molecular weight excluding hydrogens is 302 g/mol. The lowest BCUT2D eigenvalue weighted by Gasteiger charge is -2.11. The van der Waals surface area contributed by atoms with Crippen molar-refractivity contribution in [3.8, 4) is 0 Å². The Bertz CT molecular complexity index is 913. The van der Waals surface area contributed by atoms with Crippen LogP contribution in [0.3, 0.4) is 0 Å². The van der Waals surface area contributed by atoms with Crippen LogP contribution in [0.4, 0.5) is 5.69 Å². The summed E-state index contributed by atoms with van der Waals surface area (Å²) in [4.78, 5) is 21.3. The van der Waals surface area contributed by atoms with E-state index in [4.69, 9.17) is 0 Å². The minimum absolute atomic E-state index is 0.0659. The number of carbonyl (C=O) groups is 1. The number of nitrogens with one attached hydrogen (secondary N) is 1. The monoisotopic (exact) mass is 323 g/mol. The molecule has 0 atom stereocenters. The van der Waals surface area contributed by atoms with Gasteiger partial charge in [-0.25, -0.2) is 9.50 Å². The van der Waals surface area contributed by atoms with E-state index in [-0.39, 0.29) is 12.3 Å². The predicted octanol–water partition coefficient (Wildman–Crippen LogP) is 2.79. The maximum atomic E-state index is 12.4. The molecule has 0 saturated carbocycles. The van der Waals surface area contributed by atoms with E-state index in [0.29, 0.717) is 5.78 Å². The van der Waals surface area contributed by atoms with Gasteiger partial charge < -0.3 is 5.32 Å². The Morgan fingerprint density at radius 2 is 2.00 bits per heavy atom. The minimum atomic E-state index is -0.0659. The zero-order chi connectivity index (χ0) is 17.3. The summed E-state index contributed by atoms with van der Waals surface area (Å²) in [5, 5.41) is 7.38. The fourth-order valence-corrected chi connectivity index (χ4v) is 2.74. The van der Waals surface area contributed by atoms with Crippen LogP contribution in [0.5, 0.6) is 0 Å². The van der Waals surface area contributed by atoms with Gasteiger partial charge in [0.1, 0.15) is 0 Å². The molecule has 0 aliphatic heterocycles. The fourth-order valence-electron chi connectivity index (χ4n) is 2.74. The molecule has 6 heteroatoms. The molecule has 24 heavy (non-hydrogen) atoms. The summed E-state index contributed by atoms with van der Waals surface area (Å²) >= 11 is 0. The third-order valence-electron chi connectivity index (χ3n) is 4.05. The molecule has 0 bridgehead atoms. The summed E-state index contributed by atoms with van der Waals surface area (Å²) in [5.74, 6) is 1.28. The van der Waals surface area contributed by atoms with Gasteiger partial charge in [0.05, 0.1) is 6.42 Å². The van der Waals surface area contributed by atoms with Crippen LogP contribution < -0.4 is 5.32 Å². The highest BCUT2D eigenvalue weighted by Gasteiger charge is 2.15. The van der Waals surface area contributed by atoms with Crippen LogP contribution in [0.2, 0.25) is 0 Å². The van der Waals surface area contributed by atoms with Gasteiger partial charge >= 0.3 is 0 Å². The van der Waals surface area contributed by atoms with Crippen LogP contribution >= 0.6 is 0 Å². The van der Waals surface area contributed by atoms with Gasteiger partial charge in [0.15, 0.2) is 5.82 Å². The van der Waals surface area contributed by atoms with Crippen molar-refractivity contribution in [1.82, 2.24) is 19.6 Å². The van der Waals surface area contributed by atoms with Crippen molar-refractivity contribution in [1.29, 1.82) is 0 Å². The third-order valence-corrected chi connectivity index (χ3v) is 4.05. The van der Waals surface area contributed by atoms with Gasteiger partial charge in [-0.1, -0.05) is 19.1 Å². The van der Waals surface area contributed by atoms with E-state index in [1.54, 1.807) is 4.52 Å². The number of aromatic nitrogens is 4. The second-order valence-corrected chi connectivity index (χ2v) is 5.95. The zero-order valence-corrected chi connectivity index (χ0v) is 14.4. The standard InChI is InChI=1S/C18H21N5O/c1-5-16-21-18-19-12(3)15(13(4)23(18)22-16)10-17(24)20-14-8-6-7-11(2)9-14/h6-9H,5,10H2,1-4H3,(H,20,24). The van der Waals surface area contributed by atoms with Gasteiger partial charge in [0.2, 0.25) is 5.91 Å². The molecule has 0 aliphatic carbocycles. The first-order chi connectivity index (χ1) is 11.5. The first-order valence-corrected chi connectivity index (χ1v) is 8.06. The Kier molecular flexibility index (Phi) is 4.29. The van der Waals surface area contributed by atoms with E-state index < -0.39 is 0 Å². The molecule has 0 radical (unpaired) electrons. The topological polar surface area (TPSA) is 72.2 Å². The summed E-state index contributed by atoms with van der Waals surface area (Å²) in [6, 6.07) is 7.76. The number of aryl methyl sites for hydroxylation is 4. The molecule has 0 unspecified atom stereocenters. The van der Waals surface area contributed by atoms with Gasteiger partial charge in [-0.3, -0.25) is 4.79 Å². The van der Waals surface area contributed by atoms with Crippen molar-refractivity contribution >= 4 is 17.4 Å². The van der Waals surface area contributed by atoms with E-state index in [1.807, 2.05) is 52.0 Å². The van der Waals surface area contributed by atoms with Crippen LogP contribution in [0.15, 0.2) is 24.3 Å². The Morgan fingerprint density at radius 3 is 2.71 bits per heavy atom. The number of nitrogens with zero attached hydrogens (tertiary/aromatic N) is 4. The maximum Gasteiger partial charge on any atom is 0.252 e. The van der Waals surface area contributed by atoms with Crippen LogP contribution in [0.25, 0.3) is 5.78 Å². The average Bonchev–Trinajstić information content (AvgIpc) is 2.94. The summed E-state index contributed by atoms with van der Waals surface area (Å²) in [7, 11) is 0. The van der Waals surface area contributed by atoms with Gasteiger partial charge in [-0.2, -0.15) is 4.98 Å². The number of rotatable bonds is 4. The largest absolute Gasteiger partial charge is 0.326 e. The lowest BCUT2D eigenvalue weighted by Crippen LogP contribution is -2.17. The van der Waals surface area contributed by atoms with Gasteiger partial charge in [0.25, 0.3) is 5.78 Å². The molecular formula is C18H21N5O. The number of anilines is 1. The maximum absolute atomic E-state index is 12.4. The van der Waals surface area contributed by atoms with Crippen molar-refractivity contribution in [3.63, 3.8) is 0 Å². The number of amides is 1. The molecule has 3 rings (SSSR count). The van der Waals surface area contributed by atoms with E-state index in [2.05, 4.69) is 20.4 Å². The lowest BCUT2D eigenvalue weighted by molar-refractivity contribution is -0.115. The van der Waals surface area contributed by atoms with Crippen molar-refractivity contribution in [3.05, 3.63) is 52.6 Å². The van der Waals surface area contributed by atoms with E-state index in [0.717, 1.165) is 40.4 Å². The average molecular weight is 323 g/mol. The Balaban J connectivity index is 1.87. The molecule has 1 amide bonds. The normalized spacial score (nSPS) is 11.0. The Morgan fingerprint density at radius 1 is 1.21 bits per heavy atom. The third kappa shape index (κ3) is 3.13. The molecule has 0 spiro atoms. The summed E-state index contributed by atoms with van der Waals surface area (Å²) in [6.45, 7) is 7.86. The summed E-state index contributed by atoms with van der Waals surface area (Å²) in [6.07, 6.45) is 1.01. The summed E-state index contributed by atoms with van der Waals surface area (Å²) < 4.78 is 1.72. The molecule has 2 heterocycles. The van der Waals surface area contributed by atoms with E-state index in [1.165, 1.54) is 0 Å². The molecule has 6 nitrogen and oxygen atoms in total. The second kappa shape index (κ2) is 6.39. The van der Waals surface area contributed by atoms with Gasteiger partial charge in [-0.05, 0) is 38.5 Å². The van der Waals surface area contributed by atoms with Gasteiger partial charge in [-0.15, -0.1) is 5.10 Å². The zero-order valence-electron chi connectivity index (χ0n) is 14.4. The van der Waals surface area contributed by atoms with E-state index >= 15 is 0 Å². The second-order valence-electron chi connectivity index (χ2n) is 5.95. The van der Waals surface area contributed by atoms with Crippen molar-refractivity contribution in [2.24, 2.45) is 0 Å². The molecule has 0 fully saturated rings. The number of hydrogen-bond donors (Lipinski definition) is 1. The van der Waals surface area contributed by atoms with Crippen molar-refractivity contribution in [2.75, 3.05) is 5.32 Å². The highest BCUT2D eigenvalue weighted by Crippen LogP contribution is 2.16. The number of benzene rings is 1. The number of carbonyl (C=O) groups excluding carboxylic acids is 1. The first kappa shape index (κ1) is 16.1. The molecule has 1 aromatic carbocycles. The quantitative estimate of drug-likeness (QED) is 0.801. The Hall–Kier alpha value is -2.76. The van der Waals surface area contributed by atoms with Crippen LogP contribution in [-0.2, 0) is 17.6 Å². The van der Waals surface area contributed by atoms with Gasteiger partial charge in [0, 0.05) is 29.1 Å². The molecule has 124 valence electrons. The fraction of sp³-hybridized carbons (Fsp3) is 0.333. The van der Waals surface area contributed by atoms with Crippen LogP contribution in [0, 0.1) is 20.8 Å². The number of fused-ring (bicyclic) bond motifs is 1. The van der Waals surface area contributed by atoms with Crippen LogP contribution in [-0.4, -0.2) is 25.5 Å². The van der Waals surface area contributed by atoms with E-state index in [9.17, 15) is 4.79 Å². The summed E-state index contributed by atoms with van der Waals surface area (Å²) in [5.41, 5.74) is 4.52.